The molecule has 9 heteroatoms. The van der Waals surface area contributed by atoms with Crippen LogP contribution in [0.4, 0.5) is 5.69 Å². The maximum Gasteiger partial charge on any atom is 0.303 e. The number of carbonyl (C=O) groups excluding carboxylic acids is 2. The van der Waals surface area contributed by atoms with E-state index in [0.29, 0.717) is 0 Å². The second-order valence-electron chi connectivity index (χ2n) is 3.67. The van der Waals surface area contributed by atoms with Crippen LogP contribution in [0.1, 0.15) is 23.2 Å². The van der Waals surface area contributed by atoms with Crippen molar-refractivity contribution in [3.63, 3.8) is 0 Å². The topological polar surface area (TPSA) is 139 Å². The quantitative estimate of drug-likeness (QED) is 0.521. The van der Waals surface area contributed by atoms with Gasteiger partial charge < -0.3 is 5.11 Å². The Kier molecular flexibility index (Phi) is 5.15. The molecule has 106 valence electrons. The molecule has 20 heavy (non-hydrogen) atoms. The fraction of sp³-hybridized carbons (Fsp3) is 0.182. The number of carboxylic acids is 1. The zero-order chi connectivity index (χ0) is 15.1. The number of para-hydroxylation sites is 1. The van der Waals surface area contributed by atoms with Crippen molar-refractivity contribution in [2.24, 2.45) is 0 Å². The van der Waals surface area contributed by atoms with E-state index in [9.17, 15) is 24.5 Å². The summed E-state index contributed by atoms with van der Waals surface area (Å²) in [6.07, 6.45) is -0.695. The minimum absolute atomic E-state index is 0.212. The molecular formula is C11H11N3O6. The number of hydrazine groups is 1. The van der Waals surface area contributed by atoms with Crippen LogP contribution < -0.4 is 10.9 Å². The Hall–Kier alpha value is -2.97. The van der Waals surface area contributed by atoms with Crippen LogP contribution in [-0.2, 0) is 9.59 Å². The highest BCUT2D eigenvalue weighted by Gasteiger charge is 2.19. The number of nitro groups is 1. The summed E-state index contributed by atoms with van der Waals surface area (Å²) in [7, 11) is 0. The van der Waals surface area contributed by atoms with E-state index >= 15 is 0 Å². The predicted molar refractivity (Wildman–Crippen MR) is 65.6 cm³/mol. The summed E-state index contributed by atoms with van der Waals surface area (Å²) in [5.41, 5.74) is 3.35. The smallest absolute Gasteiger partial charge is 0.303 e. The van der Waals surface area contributed by atoms with Gasteiger partial charge in [0, 0.05) is 12.5 Å². The van der Waals surface area contributed by atoms with Crippen molar-refractivity contribution in [1.29, 1.82) is 0 Å². The second-order valence-corrected chi connectivity index (χ2v) is 3.67. The lowest BCUT2D eigenvalue weighted by atomic mass is 10.2. The molecular weight excluding hydrogens is 270 g/mol. The molecule has 0 atom stereocenters. The first-order chi connectivity index (χ1) is 9.41. The van der Waals surface area contributed by atoms with Crippen LogP contribution >= 0.6 is 0 Å². The van der Waals surface area contributed by atoms with Crippen LogP contribution in [0.25, 0.3) is 0 Å². The summed E-state index contributed by atoms with van der Waals surface area (Å²) in [6, 6.07) is 5.23. The molecule has 0 aliphatic carbocycles. The summed E-state index contributed by atoms with van der Waals surface area (Å²) in [6.45, 7) is 0. The standard InChI is InChI=1S/C11H11N3O6/c15-9(5-6-10(16)17)12-13-11(18)7-3-1-2-4-8(7)14(19)20/h1-4H,5-6H2,(H,12,15)(H,13,18)(H,16,17). The molecule has 0 aromatic heterocycles. The van der Waals surface area contributed by atoms with Gasteiger partial charge in [0.05, 0.1) is 11.3 Å². The third kappa shape index (κ3) is 4.37. The molecule has 0 fully saturated rings. The summed E-state index contributed by atoms with van der Waals surface area (Å²) in [5, 5.41) is 19.1. The van der Waals surface area contributed by atoms with Crippen molar-refractivity contribution < 1.29 is 24.4 Å². The highest BCUT2D eigenvalue weighted by Crippen LogP contribution is 2.16. The number of carbonyl (C=O) groups is 3. The van der Waals surface area contributed by atoms with Gasteiger partial charge in [-0.15, -0.1) is 0 Å². The number of nitrogens with zero attached hydrogens (tertiary/aromatic N) is 1. The van der Waals surface area contributed by atoms with Gasteiger partial charge in [0.2, 0.25) is 5.91 Å². The van der Waals surface area contributed by atoms with Crippen molar-refractivity contribution in [3.05, 3.63) is 39.9 Å². The monoisotopic (exact) mass is 281 g/mol. The second kappa shape index (κ2) is 6.83. The molecule has 0 radical (unpaired) electrons. The van der Waals surface area contributed by atoms with Gasteiger partial charge in [0.25, 0.3) is 11.6 Å². The Morgan fingerprint density at radius 2 is 1.80 bits per heavy atom. The van der Waals surface area contributed by atoms with Crippen LogP contribution in [0.15, 0.2) is 24.3 Å². The molecule has 0 aliphatic rings. The predicted octanol–water partition coefficient (Wildman–Crippen LogP) is 0.221. The number of aliphatic carboxylic acids is 1. The van der Waals surface area contributed by atoms with Gasteiger partial charge in [-0.1, -0.05) is 12.1 Å². The van der Waals surface area contributed by atoms with Crippen LogP contribution in [0.3, 0.4) is 0 Å². The Balaban J connectivity index is 2.62. The van der Waals surface area contributed by atoms with E-state index in [2.05, 4.69) is 0 Å². The average Bonchev–Trinajstić information content (AvgIpc) is 2.42. The van der Waals surface area contributed by atoms with Gasteiger partial charge in [0.1, 0.15) is 5.56 Å². The molecule has 0 spiro atoms. The molecule has 9 nitrogen and oxygen atoms in total. The summed E-state index contributed by atoms with van der Waals surface area (Å²) < 4.78 is 0. The van der Waals surface area contributed by atoms with E-state index in [4.69, 9.17) is 5.11 Å². The molecule has 1 aromatic rings. The molecule has 0 aliphatic heterocycles. The Morgan fingerprint density at radius 3 is 2.40 bits per heavy atom. The van der Waals surface area contributed by atoms with Gasteiger partial charge in [-0.3, -0.25) is 35.3 Å². The van der Waals surface area contributed by atoms with Crippen LogP contribution in [0, 0.1) is 10.1 Å². The van der Waals surface area contributed by atoms with Crippen molar-refractivity contribution in [3.8, 4) is 0 Å². The normalized spacial score (nSPS) is 9.60. The van der Waals surface area contributed by atoms with Gasteiger partial charge in [-0.25, -0.2) is 0 Å². The maximum atomic E-state index is 11.7. The first-order valence-electron chi connectivity index (χ1n) is 5.46. The molecule has 1 aromatic carbocycles. The van der Waals surface area contributed by atoms with Crippen LogP contribution in [0.2, 0.25) is 0 Å². The van der Waals surface area contributed by atoms with Gasteiger partial charge in [-0.2, -0.15) is 0 Å². The summed E-state index contributed by atoms with van der Waals surface area (Å²) >= 11 is 0. The SMILES string of the molecule is O=C(O)CCC(=O)NNC(=O)c1ccccc1[N+](=O)[O-]. The minimum Gasteiger partial charge on any atom is -0.481 e. The number of hydrogen-bond acceptors (Lipinski definition) is 5. The van der Waals surface area contributed by atoms with Crippen molar-refractivity contribution in [2.45, 2.75) is 12.8 Å². The van der Waals surface area contributed by atoms with Gasteiger partial charge >= 0.3 is 5.97 Å². The molecule has 3 N–H and O–H groups in total. The van der Waals surface area contributed by atoms with E-state index < -0.39 is 28.4 Å². The van der Waals surface area contributed by atoms with E-state index in [0.717, 1.165) is 6.07 Å². The largest absolute Gasteiger partial charge is 0.481 e. The van der Waals surface area contributed by atoms with Crippen LogP contribution in [-0.4, -0.2) is 27.8 Å². The van der Waals surface area contributed by atoms with E-state index in [1.54, 1.807) is 0 Å². The lowest BCUT2D eigenvalue weighted by Gasteiger charge is -2.06. The number of rotatable bonds is 5. The molecule has 0 saturated heterocycles. The third-order valence-electron chi connectivity index (χ3n) is 2.23. The van der Waals surface area contributed by atoms with Crippen molar-refractivity contribution >= 4 is 23.5 Å². The molecule has 2 amide bonds. The summed E-state index contributed by atoms with van der Waals surface area (Å²) in [5.74, 6) is -2.72. The van der Waals surface area contributed by atoms with E-state index in [1.165, 1.54) is 18.2 Å². The fourth-order valence-corrected chi connectivity index (χ4v) is 1.30. The zero-order valence-corrected chi connectivity index (χ0v) is 10.2. The lowest BCUT2D eigenvalue weighted by molar-refractivity contribution is -0.385. The summed E-state index contributed by atoms with van der Waals surface area (Å²) in [4.78, 5) is 43.1. The first-order valence-corrected chi connectivity index (χ1v) is 5.46. The number of nitrogens with one attached hydrogen (secondary N) is 2. The third-order valence-corrected chi connectivity index (χ3v) is 2.23. The highest BCUT2D eigenvalue weighted by atomic mass is 16.6. The number of carboxylic acid groups (broad SMARTS) is 1. The number of benzene rings is 1. The van der Waals surface area contributed by atoms with Crippen molar-refractivity contribution in [1.82, 2.24) is 10.9 Å². The maximum absolute atomic E-state index is 11.7. The molecule has 0 saturated carbocycles. The first kappa shape index (κ1) is 15.1. The highest BCUT2D eigenvalue weighted by molar-refractivity contribution is 5.99. The molecule has 0 bridgehead atoms. The van der Waals surface area contributed by atoms with Gasteiger partial charge in [0.15, 0.2) is 0 Å². The fourth-order valence-electron chi connectivity index (χ4n) is 1.30. The Morgan fingerprint density at radius 1 is 1.15 bits per heavy atom. The van der Waals surface area contributed by atoms with E-state index in [-0.39, 0.29) is 18.4 Å². The molecule has 0 heterocycles. The number of hydrogen-bond donors (Lipinski definition) is 3. The minimum atomic E-state index is -1.15. The molecule has 1 rings (SSSR count). The Bertz CT molecular complexity index is 557. The average molecular weight is 281 g/mol. The van der Waals surface area contributed by atoms with Gasteiger partial charge in [-0.05, 0) is 6.07 Å². The number of nitro benzene ring substituents is 1. The van der Waals surface area contributed by atoms with Crippen LogP contribution in [0.5, 0.6) is 0 Å². The van der Waals surface area contributed by atoms with E-state index in [1.807, 2.05) is 10.9 Å². The lowest BCUT2D eigenvalue weighted by Crippen LogP contribution is -2.41. The molecule has 0 unspecified atom stereocenters. The van der Waals surface area contributed by atoms with Crippen molar-refractivity contribution in [2.75, 3.05) is 0 Å². The Labute approximate surface area is 112 Å². The number of amides is 2. The zero-order valence-electron chi connectivity index (χ0n) is 10.2.